The zero-order valence-electron chi connectivity index (χ0n) is 13.5. The SMILES string of the molecule is Cc1nc(CNc2ccccc2CN2CCC(CO)CC2)no1. The maximum absolute atomic E-state index is 9.24. The number of hydrogen-bond acceptors (Lipinski definition) is 6. The van der Waals surface area contributed by atoms with Gasteiger partial charge in [-0.15, -0.1) is 0 Å². The van der Waals surface area contributed by atoms with Crippen molar-refractivity contribution >= 4 is 5.69 Å². The highest BCUT2D eigenvalue weighted by Crippen LogP contribution is 2.22. The van der Waals surface area contributed by atoms with Gasteiger partial charge in [0.2, 0.25) is 5.89 Å². The number of aromatic nitrogens is 2. The van der Waals surface area contributed by atoms with Crippen LogP contribution in [0.1, 0.15) is 30.1 Å². The van der Waals surface area contributed by atoms with Crippen LogP contribution in [0.25, 0.3) is 0 Å². The molecule has 1 aromatic heterocycles. The number of likely N-dealkylation sites (tertiary alicyclic amines) is 1. The van der Waals surface area contributed by atoms with Gasteiger partial charge in [-0.05, 0) is 43.5 Å². The molecule has 2 N–H and O–H groups in total. The molecule has 124 valence electrons. The van der Waals surface area contributed by atoms with Crippen molar-refractivity contribution in [2.75, 3.05) is 25.0 Å². The van der Waals surface area contributed by atoms with E-state index in [9.17, 15) is 5.11 Å². The first kappa shape index (κ1) is 16.0. The highest BCUT2D eigenvalue weighted by Gasteiger charge is 2.19. The summed E-state index contributed by atoms with van der Waals surface area (Å²) in [7, 11) is 0. The van der Waals surface area contributed by atoms with Gasteiger partial charge in [0.15, 0.2) is 5.82 Å². The summed E-state index contributed by atoms with van der Waals surface area (Å²) in [5, 5.41) is 16.6. The van der Waals surface area contributed by atoms with Crippen LogP contribution < -0.4 is 5.32 Å². The third-order valence-electron chi connectivity index (χ3n) is 4.38. The molecule has 6 heteroatoms. The second-order valence-corrected chi connectivity index (χ2v) is 6.14. The van der Waals surface area contributed by atoms with Crippen LogP contribution in [-0.4, -0.2) is 39.8 Å². The number of nitrogens with zero attached hydrogens (tertiary/aromatic N) is 3. The van der Waals surface area contributed by atoms with E-state index in [0.717, 1.165) is 38.2 Å². The van der Waals surface area contributed by atoms with Crippen LogP contribution in [0.2, 0.25) is 0 Å². The van der Waals surface area contributed by atoms with Crippen molar-refractivity contribution in [3.63, 3.8) is 0 Å². The Labute approximate surface area is 136 Å². The molecule has 1 saturated heterocycles. The van der Waals surface area contributed by atoms with E-state index in [0.29, 0.717) is 30.8 Å². The Morgan fingerprint density at radius 3 is 2.78 bits per heavy atom. The zero-order chi connectivity index (χ0) is 16.1. The molecule has 0 saturated carbocycles. The number of aliphatic hydroxyl groups is 1. The van der Waals surface area contributed by atoms with Gasteiger partial charge in [-0.2, -0.15) is 4.98 Å². The molecule has 0 amide bonds. The predicted octanol–water partition coefficient (Wildman–Crippen LogP) is 2.19. The molecule has 0 spiro atoms. The fourth-order valence-electron chi connectivity index (χ4n) is 2.99. The van der Waals surface area contributed by atoms with Crippen molar-refractivity contribution in [3.05, 3.63) is 41.5 Å². The van der Waals surface area contributed by atoms with Crippen molar-refractivity contribution in [2.45, 2.75) is 32.9 Å². The largest absolute Gasteiger partial charge is 0.396 e. The van der Waals surface area contributed by atoms with E-state index in [1.807, 2.05) is 6.07 Å². The smallest absolute Gasteiger partial charge is 0.223 e. The van der Waals surface area contributed by atoms with Crippen LogP contribution >= 0.6 is 0 Å². The standard InChI is InChI=1S/C17H24N4O2/c1-13-19-17(20-23-13)10-18-16-5-3-2-4-15(16)11-21-8-6-14(12-22)7-9-21/h2-5,14,18,22H,6-12H2,1H3. The molecule has 0 unspecified atom stereocenters. The Morgan fingerprint density at radius 2 is 2.09 bits per heavy atom. The van der Waals surface area contributed by atoms with E-state index < -0.39 is 0 Å². The molecule has 1 aliphatic heterocycles. The molecule has 1 fully saturated rings. The summed E-state index contributed by atoms with van der Waals surface area (Å²) in [6.07, 6.45) is 2.16. The Bertz CT molecular complexity index is 621. The van der Waals surface area contributed by atoms with E-state index in [4.69, 9.17) is 4.52 Å². The number of aryl methyl sites for hydroxylation is 1. The molecule has 2 aromatic rings. The lowest BCUT2D eigenvalue weighted by Crippen LogP contribution is -2.34. The van der Waals surface area contributed by atoms with E-state index >= 15 is 0 Å². The normalized spacial score (nSPS) is 16.6. The fraction of sp³-hybridized carbons (Fsp3) is 0.529. The molecular formula is C17H24N4O2. The zero-order valence-corrected chi connectivity index (χ0v) is 13.5. The third-order valence-corrected chi connectivity index (χ3v) is 4.38. The van der Waals surface area contributed by atoms with Crippen molar-refractivity contribution in [1.82, 2.24) is 15.0 Å². The first-order valence-corrected chi connectivity index (χ1v) is 8.19. The second kappa shape index (κ2) is 7.57. The maximum atomic E-state index is 9.24. The minimum atomic E-state index is 0.316. The van der Waals surface area contributed by atoms with E-state index in [1.165, 1.54) is 5.56 Å². The monoisotopic (exact) mass is 316 g/mol. The third kappa shape index (κ3) is 4.30. The van der Waals surface area contributed by atoms with Crippen LogP contribution in [0.15, 0.2) is 28.8 Å². The van der Waals surface area contributed by atoms with Crippen LogP contribution in [0.5, 0.6) is 0 Å². The Hall–Kier alpha value is -1.92. The van der Waals surface area contributed by atoms with Crippen molar-refractivity contribution in [2.24, 2.45) is 5.92 Å². The summed E-state index contributed by atoms with van der Waals surface area (Å²) >= 11 is 0. The van der Waals surface area contributed by atoms with Crippen molar-refractivity contribution in [3.8, 4) is 0 Å². The van der Waals surface area contributed by atoms with Gasteiger partial charge in [0.05, 0.1) is 6.54 Å². The number of rotatable bonds is 6. The molecule has 23 heavy (non-hydrogen) atoms. The second-order valence-electron chi connectivity index (χ2n) is 6.14. The maximum Gasteiger partial charge on any atom is 0.223 e. The van der Waals surface area contributed by atoms with Gasteiger partial charge >= 0.3 is 0 Å². The summed E-state index contributed by atoms with van der Waals surface area (Å²) in [5.74, 6) is 1.73. The number of aliphatic hydroxyl groups excluding tert-OH is 1. The van der Waals surface area contributed by atoms with Crippen LogP contribution in [0.4, 0.5) is 5.69 Å². The van der Waals surface area contributed by atoms with E-state index in [2.05, 4.69) is 38.6 Å². The molecule has 0 atom stereocenters. The number of para-hydroxylation sites is 1. The average molecular weight is 316 g/mol. The summed E-state index contributed by atoms with van der Waals surface area (Å²) in [6, 6.07) is 8.34. The lowest BCUT2D eigenvalue weighted by molar-refractivity contribution is 0.127. The van der Waals surface area contributed by atoms with Gasteiger partial charge in [-0.1, -0.05) is 23.4 Å². The molecule has 0 bridgehead atoms. The topological polar surface area (TPSA) is 74.4 Å². The van der Waals surface area contributed by atoms with Crippen LogP contribution in [-0.2, 0) is 13.1 Å². The first-order valence-electron chi connectivity index (χ1n) is 8.19. The first-order chi connectivity index (χ1) is 11.2. The van der Waals surface area contributed by atoms with Gasteiger partial charge in [0.25, 0.3) is 0 Å². The summed E-state index contributed by atoms with van der Waals surface area (Å²) in [5.41, 5.74) is 2.38. The van der Waals surface area contributed by atoms with E-state index in [-0.39, 0.29) is 0 Å². The number of hydrogen-bond donors (Lipinski definition) is 2. The van der Waals surface area contributed by atoms with Gasteiger partial charge in [0.1, 0.15) is 0 Å². The Kier molecular flexibility index (Phi) is 5.25. The Morgan fingerprint density at radius 1 is 1.30 bits per heavy atom. The van der Waals surface area contributed by atoms with E-state index in [1.54, 1.807) is 6.92 Å². The molecule has 1 aliphatic rings. The molecule has 1 aromatic carbocycles. The van der Waals surface area contributed by atoms with Crippen molar-refractivity contribution in [1.29, 1.82) is 0 Å². The fourth-order valence-corrected chi connectivity index (χ4v) is 2.99. The lowest BCUT2D eigenvalue weighted by atomic mass is 9.97. The Balaban J connectivity index is 1.59. The van der Waals surface area contributed by atoms with Gasteiger partial charge < -0.3 is 14.9 Å². The quantitative estimate of drug-likeness (QED) is 0.851. The molecule has 6 nitrogen and oxygen atoms in total. The van der Waals surface area contributed by atoms with Crippen LogP contribution in [0.3, 0.4) is 0 Å². The van der Waals surface area contributed by atoms with Gasteiger partial charge in [-0.3, -0.25) is 4.90 Å². The minimum absolute atomic E-state index is 0.316. The highest BCUT2D eigenvalue weighted by molar-refractivity contribution is 5.51. The molecule has 2 heterocycles. The summed E-state index contributed by atoms with van der Waals surface area (Å²) in [6.45, 7) is 5.68. The number of benzene rings is 1. The highest BCUT2D eigenvalue weighted by atomic mass is 16.5. The van der Waals surface area contributed by atoms with Crippen LogP contribution in [0, 0.1) is 12.8 Å². The van der Waals surface area contributed by atoms with Crippen molar-refractivity contribution < 1.29 is 9.63 Å². The molecule has 0 aliphatic carbocycles. The predicted molar refractivity (Wildman–Crippen MR) is 87.9 cm³/mol. The number of piperidine rings is 1. The minimum Gasteiger partial charge on any atom is -0.396 e. The summed E-state index contributed by atoms with van der Waals surface area (Å²) < 4.78 is 5.00. The van der Waals surface area contributed by atoms with Gasteiger partial charge in [-0.25, -0.2) is 0 Å². The molecule has 3 rings (SSSR count). The summed E-state index contributed by atoms with van der Waals surface area (Å²) in [4.78, 5) is 6.66. The van der Waals surface area contributed by atoms with Gasteiger partial charge in [0, 0.05) is 25.8 Å². The number of nitrogens with one attached hydrogen (secondary N) is 1. The molecule has 0 radical (unpaired) electrons. The lowest BCUT2D eigenvalue weighted by Gasteiger charge is -2.31. The number of anilines is 1. The molecular weight excluding hydrogens is 292 g/mol. The average Bonchev–Trinajstić information content (AvgIpc) is 3.00.